The average Bonchev–Trinajstić information content (AvgIpc) is 2.53. The molecule has 116 valence electrons. The molecule has 0 atom stereocenters. The van der Waals surface area contributed by atoms with Gasteiger partial charge in [-0.15, -0.1) is 0 Å². The molecule has 0 amide bonds. The van der Waals surface area contributed by atoms with Crippen LogP contribution in [0.1, 0.15) is 11.1 Å². The minimum atomic E-state index is -0.584. The van der Waals surface area contributed by atoms with E-state index in [1.807, 2.05) is 0 Å². The first-order chi connectivity index (χ1) is 11.0. The standard InChI is InChI=1S/C17H12ClNO4/c18-15-8-5-13(6-9-15)7-10-17(20)23-16-4-2-1-3-14(16)11-12-19(21)22/h1-12H/b10-7+,12-11+. The SMILES string of the molecule is O=C(/C=C/c1ccc(Cl)cc1)Oc1ccccc1/C=C/[N+](=O)[O-]. The van der Waals surface area contributed by atoms with Crippen LogP contribution in [0.5, 0.6) is 5.75 Å². The van der Waals surface area contributed by atoms with Crippen molar-refractivity contribution in [2.24, 2.45) is 0 Å². The number of esters is 1. The molecule has 0 unspecified atom stereocenters. The Morgan fingerprint density at radius 3 is 2.48 bits per heavy atom. The van der Waals surface area contributed by atoms with E-state index in [1.165, 1.54) is 12.2 Å². The van der Waals surface area contributed by atoms with Crippen LogP contribution in [0.25, 0.3) is 12.2 Å². The highest BCUT2D eigenvalue weighted by molar-refractivity contribution is 6.30. The van der Waals surface area contributed by atoms with E-state index in [2.05, 4.69) is 0 Å². The second kappa shape index (κ2) is 7.91. The molecular formula is C17H12ClNO4. The summed E-state index contributed by atoms with van der Waals surface area (Å²) in [6.45, 7) is 0. The number of hydrogen-bond acceptors (Lipinski definition) is 4. The third kappa shape index (κ3) is 5.41. The Hall–Kier alpha value is -2.92. The van der Waals surface area contributed by atoms with Crippen LogP contribution in [0.4, 0.5) is 0 Å². The first-order valence-corrected chi connectivity index (χ1v) is 6.98. The first-order valence-electron chi connectivity index (χ1n) is 6.61. The van der Waals surface area contributed by atoms with Gasteiger partial charge in [-0.2, -0.15) is 0 Å². The summed E-state index contributed by atoms with van der Waals surface area (Å²) in [7, 11) is 0. The van der Waals surface area contributed by atoms with Crippen molar-refractivity contribution in [3.63, 3.8) is 0 Å². The molecule has 0 radical (unpaired) electrons. The highest BCUT2D eigenvalue weighted by atomic mass is 35.5. The summed E-state index contributed by atoms with van der Waals surface area (Å²) in [5.74, 6) is -0.335. The molecule has 0 fully saturated rings. The van der Waals surface area contributed by atoms with Crippen molar-refractivity contribution in [2.45, 2.75) is 0 Å². The van der Waals surface area contributed by atoms with Gasteiger partial charge in [0.2, 0.25) is 6.20 Å². The minimum Gasteiger partial charge on any atom is -0.423 e. The van der Waals surface area contributed by atoms with Gasteiger partial charge in [0, 0.05) is 22.7 Å². The van der Waals surface area contributed by atoms with Crippen LogP contribution in [0, 0.1) is 10.1 Å². The number of para-hydroxylation sites is 1. The summed E-state index contributed by atoms with van der Waals surface area (Å²) in [6, 6.07) is 13.5. The van der Waals surface area contributed by atoms with Crippen LogP contribution in [0.2, 0.25) is 5.02 Å². The molecule has 0 heterocycles. The minimum absolute atomic E-state index is 0.247. The number of nitrogens with zero attached hydrogens (tertiary/aromatic N) is 1. The molecule has 0 aromatic heterocycles. The van der Waals surface area contributed by atoms with Crippen LogP contribution in [-0.4, -0.2) is 10.9 Å². The third-order valence-corrected chi connectivity index (χ3v) is 3.04. The Morgan fingerprint density at radius 1 is 1.09 bits per heavy atom. The zero-order chi connectivity index (χ0) is 16.7. The molecule has 2 aromatic carbocycles. The number of hydrogen-bond donors (Lipinski definition) is 0. The lowest BCUT2D eigenvalue weighted by Gasteiger charge is -2.04. The Balaban J connectivity index is 2.08. The van der Waals surface area contributed by atoms with Gasteiger partial charge in [-0.3, -0.25) is 10.1 Å². The van der Waals surface area contributed by atoms with Crippen molar-refractivity contribution in [2.75, 3.05) is 0 Å². The molecule has 5 nitrogen and oxygen atoms in total. The number of halogens is 1. The zero-order valence-electron chi connectivity index (χ0n) is 11.9. The molecule has 0 saturated heterocycles. The normalized spacial score (nSPS) is 11.0. The second-order valence-electron chi connectivity index (χ2n) is 4.44. The maximum Gasteiger partial charge on any atom is 0.336 e. The van der Waals surface area contributed by atoms with E-state index in [0.29, 0.717) is 10.6 Å². The maximum absolute atomic E-state index is 11.9. The van der Waals surface area contributed by atoms with Crippen molar-refractivity contribution in [1.29, 1.82) is 0 Å². The Morgan fingerprint density at radius 2 is 1.78 bits per heavy atom. The Labute approximate surface area is 137 Å². The topological polar surface area (TPSA) is 69.4 Å². The van der Waals surface area contributed by atoms with Gasteiger partial charge in [0.25, 0.3) is 0 Å². The van der Waals surface area contributed by atoms with Crippen molar-refractivity contribution < 1.29 is 14.5 Å². The Bertz CT molecular complexity index is 766. The molecule has 0 N–H and O–H groups in total. The smallest absolute Gasteiger partial charge is 0.336 e. The molecule has 23 heavy (non-hydrogen) atoms. The van der Waals surface area contributed by atoms with E-state index in [9.17, 15) is 14.9 Å². The van der Waals surface area contributed by atoms with E-state index in [0.717, 1.165) is 11.8 Å². The van der Waals surface area contributed by atoms with Gasteiger partial charge in [0.1, 0.15) is 5.75 Å². The lowest BCUT2D eigenvalue weighted by Crippen LogP contribution is -2.04. The van der Waals surface area contributed by atoms with Crippen molar-refractivity contribution >= 4 is 29.7 Å². The molecule has 6 heteroatoms. The maximum atomic E-state index is 11.9. The lowest BCUT2D eigenvalue weighted by molar-refractivity contribution is -0.400. The Kier molecular flexibility index (Phi) is 5.66. The molecule has 0 spiro atoms. The van der Waals surface area contributed by atoms with Crippen molar-refractivity contribution in [1.82, 2.24) is 0 Å². The van der Waals surface area contributed by atoms with Gasteiger partial charge >= 0.3 is 5.97 Å². The van der Waals surface area contributed by atoms with E-state index in [4.69, 9.17) is 16.3 Å². The fourth-order valence-electron chi connectivity index (χ4n) is 1.73. The second-order valence-corrected chi connectivity index (χ2v) is 4.88. The van der Waals surface area contributed by atoms with Crippen molar-refractivity contribution in [3.05, 3.63) is 87.1 Å². The molecule has 0 bridgehead atoms. The largest absolute Gasteiger partial charge is 0.423 e. The van der Waals surface area contributed by atoms with Crippen molar-refractivity contribution in [3.8, 4) is 5.75 Å². The number of ether oxygens (including phenoxy) is 1. The lowest BCUT2D eigenvalue weighted by atomic mass is 10.2. The molecular weight excluding hydrogens is 318 g/mol. The molecule has 0 aliphatic rings. The fourth-order valence-corrected chi connectivity index (χ4v) is 1.86. The molecule has 2 rings (SSSR count). The van der Waals surface area contributed by atoms with E-state index in [-0.39, 0.29) is 5.75 Å². The van der Waals surface area contributed by atoms with Gasteiger partial charge < -0.3 is 4.74 Å². The quantitative estimate of drug-likeness (QED) is 0.271. The van der Waals surface area contributed by atoms with Crippen LogP contribution >= 0.6 is 11.6 Å². The van der Waals surface area contributed by atoms with E-state index < -0.39 is 10.9 Å². The average molecular weight is 330 g/mol. The molecule has 0 saturated carbocycles. The van der Waals surface area contributed by atoms with Gasteiger partial charge in [-0.1, -0.05) is 41.9 Å². The third-order valence-electron chi connectivity index (χ3n) is 2.79. The highest BCUT2D eigenvalue weighted by Gasteiger charge is 2.05. The summed E-state index contributed by atoms with van der Waals surface area (Å²) in [5.41, 5.74) is 1.24. The van der Waals surface area contributed by atoms with E-state index in [1.54, 1.807) is 54.6 Å². The number of carbonyl (C=O) groups excluding carboxylic acids is 1. The summed E-state index contributed by atoms with van der Waals surface area (Å²) in [5, 5.41) is 11.0. The van der Waals surface area contributed by atoms with E-state index >= 15 is 0 Å². The zero-order valence-corrected chi connectivity index (χ0v) is 12.6. The fraction of sp³-hybridized carbons (Fsp3) is 0. The molecule has 2 aromatic rings. The highest BCUT2D eigenvalue weighted by Crippen LogP contribution is 2.20. The summed E-state index contributed by atoms with van der Waals surface area (Å²) >= 11 is 5.78. The van der Waals surface area contributed by atoms with Gasteiger partial charge in [-0.25, -0.2) is 4.79 Å². The molecule has 0 aliphatic heterocycles. The molecule has 0 aliphatic carbocycles. The van der Waals surface area contributed by atoms with Crippen LogP contribution in [0.15, 0.2) is 60.8 Å². The van der Waals surface area contributed by atoms with Gasteiger partial charge in [0.05, 0.1) is 4.92 Å². The van der Waals surface area contributed by atoms with Crippen LogP contribution < -0.4 is 4.74 Å². The predicted octanol–water partition coefficient (Wildman–Crippen LogP) is 4.21. The summed E-state index contributed by atoms with van der Waals surface area (Å²) in [6.07, 6.45) is 4.92. The number of nitro groups is 1. The number of carbonyl (C=O) groups is 1. The monoisotopic (exact) mass is 329 g/mol. The first kappa shape index (κ1) is 16.5. The summed E-state index contributed by atoms with van der Waals surface area (Å²) < 4.78 is 5.20. The number of benzene rings is 2. The van der Waals surface area contributed by atoms with Gasteiger partial charge in [-0.05, 0) is 29.8 Å². The van der Waals surface area contributed by atoms with Gasteiger partial charge in [0.15, 0.2) is 0 Å². The number of rotatable bonds is 5. The van der Waals surface area contributed by atoms with Crippen LogP contribution in [0.3, 0.4) is 0 Å². The van der Waals surface area contributed by atoms with Crippen LogP contribution in [-0.2, 0) is 4.79 Å². The predicted molar refractivity (Wildman–Crippen MR) is 88.6 cm³/mol. The summed E-state index contributed by atoms with van der Waals surface area (Å²) in [4.78, 5) is 21.6.